The predicted octanol–water partition coefficient (Wildman–Crippen LogP) is 1.68. The lowest BCUT2D eigenvalue weighted by Crippen LogP contribution is -2.34. The van der Waals surface area contributed by atoms with Gasteiger partial charge in [-0.05, 0) is 33.6 Å². The molecular formula is C14H26N4O. The molecule has 0 aliphatic heterocycles. The van der Waals surface area contributed by atoms with Gasteiger partial charge in [-0.1, -0.05) is 18.1 Å². The van der Waals surface area contributed by atoms with Gasteiger partial charge in [-0.15, -0.1) is 5.10 Å². The number of aliphatic hydroxyl groups excluding tert-OH is 1. The first kappa shape index (κ1) is 14.5. The Morgan fingerprint density at radius 3 is 2.58 bits per heavy atom. The number of aliphatic hydroxyl groups is 1. The lowest BCUT2D eigenvalue weighted by Gasteiger charge is -2.26. The Morgan fingerprint density at radius 1 is 1.37 bits per heavy atom. The van der Waals surface area contributed by atoms with Gasteiger partial charge in [0.2, 0.25) is 0 Å². The fraction of sp³-hybridized carbons (Fsp3) is 0.857. The van der Waals surface area contributed by atoms with Crippen molar-refractivity contribution in [1.82, 2.24) is 20.3 Å². The van der Waals surface area contributed by atoms with Crippen molar-refractivity contribution in [3.05, 3.63) is 11.9 Å². The van der Waals surface area contributed by atoms with Gasteiger partial charge in [-0.3, -0.25) is 0 Å². The van der Waals surface area contributed by atoms with Crippen LogP contribution in [-0.4, -0.2) is 33.3 Å². The van der Waals surface area contributed by atoms with Crippen LogP contribution in [0.15, 0.2) is 6.20 Å². The second kappa shape index (κ2) is 5.59. The van der Waals surface area contributed by atoms with E-state index in [1.165, 1.54) is 12.8 Å². The molecule has 0 atom stereocenters. The fourth-order valence-electron chi connectivity index (χ4n) is 2.68. The first-order valence-corrected chi connectivity index (χ1v) is 7.19. The Bertz CT molecular complexity index is 402. The Kier molecular flexibility index (Phi) is 4.26. The van der Waals surface area contributed by atoms with Gasteiger partial charge in [0.15, 0.2) is 0 Å². The zero-order valence-electron chi connectivity index (χ0n) is 12.3. The second-order valence-corrected chi connectivity index (χ2v) is 6.79. The van der Waals surface area contributed by atoms with Gasteiger partial charge in [0.25, 0.3) is 0 Å². The normalized spacial score (nSPS) is 18.9. The summed E-state index contributed by atoms with van der Waals surface area (Å²) in [6.07, 6.45) is 6.73. The number of hydrogen-bond acceptors (Lipinski definition) is 4. The van der Waals surface area contributed by atoms with Crippen molar-refractivity contribution >= 4 is 0 Å². The zero-order chi connectivity index (χ0) is 13.9. The molecule has 1 fully saturated rings. The summed E-state index contributed by atoms with van der Waals surface area (Å²) < 4.78 is 1.89. The average Bonchev–Trinajstić information content (AvgIpc) is 2.97. The van der Waals surface area contributed by atoms with E-state index in [4.69, 9.17) is 0 Å². The summed E-state index contributed by atoms with van der Waals surface area (Å²) >= 11 is 0. The lowest BCUT2D eigenvalue weighted by molar-refractivity contribution is 0.128. The number of nitrogens with one attached hydrogen (secondary N) is 1. The van der Waals surface area contributed by atoms with Gasteiger partial charge in [0, 0.05) is 25.1 Å². The number of nitrogens with zero attached hydrogens (tertiary/aromatic N) is 3. The summed E-state index contributed by atoms with van der Waals surface area (Å²) in [5.41, 5.74) is 1.03. The summed E-state index contributed by atoms with van der Waals surface area (Å²) in [4.78, 5) is 0. The van der Waals surface area contributed by atoms with Crippen LogP contribution in [0.1, 0.15) is 52.1 Å². The molecule has 0 aromatic carbocycles. The molecule has 0 bridgehead atoms. The van der Waals surface area contributed by atoms with E-state index in [0.29, 0.717) is 0 Å². The molecule has 0 amide bonds. The van der Waals surface area contributed by atoms with E-state index in [1.54, 1.807) is 0 Å². The Balaban J connectivity index is 1.84. The van der Waals surface area contributed by atoms with E-state index in [-0.39, 0.29) is 17.6 Å². The van der Waals surface area contributed by atoms with Gasteiger partial charge in [-0.25, -0.2) is 4.68 Å². The summed E-state index contributed by atoms with van der Waals surface area (Å²) in [5, 5.41) is 21.3. The number of aromatic nitrogens is 3. The molecule has 1 aliphatic carbocycles. The Morgan fingerprint density at radius 2 is 2.05 bits per heavy atom. The minimum absolute atomic E-state index is 0.0248. The van der Waals surface area contributed by atoms with Crippen LogP contribution in [0.2, 0.25) is 0 Å². The minimum atomic E-state index is -0.0248. The van der Waals surface area contributed by atoms with Crippen LogP contribution < -0.4 is 5.32 Å². The summed E-state index contributed by atoms with van der Waals surface area (Å²) in [6.45, 7) is 8.20. The first-order valence-electron chi connectivity index (χ1n) is 7.19. The molecule has 2 N–H and O–H groups in total. The van der Waals surface area contributed by atoms with E-state index in [2.05, 4.69) is 36.4 Å². The van der Waals surface area contributed by atoms with Gasteiger partial charge in [-0.2, -0.15) is 0 Å². The van der Waals surface area contributed by atoms with E-state index >= 15 is 0 Å². The molecular weight excluding hydrogens is 240 g/mol. The van der Waals surface area contributed by atoms with Gasteiger partial charge >= 0.3 is 0 Å². The molecule has 19 heavy (non-hydrogen) atoms. The van der Waals surface area contributed by atoms with Crippen molar-refractivity contribution in [2.75, 3.05) is 13.2 Å². The molecule has 0 saturated heterocycles. The molecule has 5 heteroatoms. The van der Waals surface area contributed by atoms with Crippen LogP contribution in [0, 0.1) is 5.41 Å². The summed E-state index contributed by atoms with van der Waals surface area (Å²) in [7, 11) is 0. The van der Waals surface area contributed by atoms with Crippen molar-refractivity contribution in [2.45, 2.75) is 58.5 Å². The molecule has 1 aliphatic rings. The van der Waals surface area contributed by atoms with E-state index < -0.39 is 0 Å². The SMILES string of the molecule is CC(C)(C)n1cc(CNCC2(CO)CCCC2)nn1. The lowest BCUT2D eigenvalue weighted by atomic mass is 9.87. The second-order valence-electron chi connectivity index (χ2n) is 6.79. The minimum Gasteiger partial charge on any atom is -0.396 e. The van der Waals surface area contributed by atoms with Gasteiger partial charge < -0.3 is 10.4 Å². The highest BCUT2D eigenvalue weighted by Gasteiger charge is 2.32. The third kappa shape index (κ3) is 3.54. The third-order valence-electron chi connectivity index (χ3n) is 4.03. The zero-order valence-corrected chi connectivity index (χ0v) is 12.3. The number of rotatable bonds is 5. The molecule has 1 aromatic heterocycles. The highest BCUT2D eigenvalue weighted by Crippen LogP contribution is 2.36. The topological polar surface area (TPSA) is 63.0 Å². The maximum absolute atomic E-state index is 9.55. The maximum Gasteiger partial charge on any atom is 0.0965 e. The van der Waals surface area contributed by atoms with Crippen molar-refractivity contribution in [2.24, 2.45) is 5.41 Å². The Labute approximate surface area is 115 Å². The van der Waals surface area contributed by atoms with Crippen LogP contribution in [0.5, 0.6) is 0 Å². The van der Waals surface area contributed by atoms with Gasteiger partial charge in [0.1, 0.15) is 0 Å². The van der Waals surface area contributed by atoms with Crippen molar-refractivity contribution < 1.29 is 5.11 Å². The molecule has 0 spiro atoms. The van der Waals surface area contributed by atoms with E-state index in [9.17, 15) is 5.11 Å². The third-order valence-corrected chi connectivity index (χ3v) is 4.03. The summed E-state index contributed by atoms with van der Waals surface area (Å²) in [5.74, 6) is 0. The van der Waals surface area contributed by atoms with Crippen LogP contribution in [0.4, 0.5) is 0 Å². The highest BCUT2D eigenvalue weighted by atomic mass is 16.3. The van der Waals surface area contributed by atoms with Crippen LogP contribution in [-0.2, 0) is 12.1 Å². The monoisotopic (exact) mass is 266 g/mol. The van der Waals surface area contributed by atoms with Crippen molar-refractivity contribution in [3.63, 3.8) is 0 Å². The standard InChI is InChI=1S/C14H26N4O/c1-13(2,3)18-9-12(16-17-18)8-15-10-14(11-19)6-4-5-7-14/h9,15,19H,4-8,10-11H2,1-3H3. The molecule has 0 unspecified atom stereocenters. The molecule has 1 saturated carbocycles. The molecule has 108 valence electrons. The smallest absolute Gasteiger partial charge is 0.0965 e. The molecule has 5 nitrogen and oxygen atoms in total. The van der Waals surface area contributed by atoms with E-state index in [0.717, 1.165) is 31.6 Å². The molecule has 2 rings (SSSR count). The average molecular weight is 266 g/mol. The van der Waals surface area contributed by atoms with Crippen molar-refractivity contribution in [3.8, 4) is 0 Å². The molecule has 1 heterocycles. The van der Waals surface area contributed by atoms with Crippen LogP contribution in [0.3, 0.4) is 0 Å². The van der Waals surface area contributed by atoms with Crippen LogP contribution >= 0.6 is 0 Å². The summed E-state index contributed by atoms with van der Waals surface area (Å²) in [6, 6.07) is 0. The van der Waals surface area contributed by atoms with Gasteiger partial charge in [0.05, 0.1) is 17.4 Å². The fourth-order valence-corrected chi connectivity index (χ4v) is 2.68. The van der Waals surface area contributed by atoms with Crippen molar-refractivity contribution in [1.29, 1.82) is 0 Å². The number of hydrogen-bond donors (Lipinski definition) is 2. The predicted molar refractivity (Wildman–Crippen MR) is 74.7 cm³/mol. The van der Waals surface area contributed by atoms with E-state index in [1.807, 2.05) is 10.9 Å². The van der Waals surface area contributed by atoms with Crippen LogP contribution in [0.25, 0.3) is 0 Å². The highest BCUT2D eigenvalue weighted by molar-refractivity contribution is 4.95. The maximum atomic E-state index is 9.55. The molecule has 1 aromatic rings. The molecule has 0 radical (unpaired) electrons. The first-order chi connectivity index (χ1) is 8.95. The largest absolute Gasteiger partial charge is 0.396 e. The Hall–Kier alpha value is -0.940. The quantitative estimate of drug-likeness (QED) is 0.851.